The normalized spacial score (nSPS) is 10.4. The van der Waals surface area contributed by atoms with Gasteiger partial charge in [-0.15, -0.1) is 6.58 Å². The first-order chi connectivity index (χ1) is 10.1. The van der Waals surface area contributed by atoms with E-state index in [0.29, 0.717) is 23.9 Å². The first-order valence-corrected chi connectivity index (χ1v) is 6.68. The number of ether oxygens (including phenoxy) is 3. The molecule has 4 heteroatoms. The standard InChI is InChI=1S/C17H22O4/c1-5-6-7-10-21-13(2)8-9-14-11-15(19-3)17(18)16(12-14)20-4/h5,8-9,11-12,18H,1-2,6-7,10H2,3-4H3/b9-8+. The number of rotatable bonds is 9. The highest BCUT2D eigenvalue weighted by Crippen LogP contribution is 2.37. The smallest absolute Gasteiger partial charge is 0.200 e. The summed E-state index contributed by atoms with van der Waals surface area (Å²) >= 11 is 0. The third-order valence-corrected chi connectivity index (χ3v) is 2.80. The minimum absolute atomic E-state index is 0.0170. The Kier molecular flexibility index (Phi) is 6.95. The van der Waals surface area contributed by atoms with Crippen LogP contribution >= 0.6 is 0 Å². The number of hydrogen-bond acceptors (Lipinski definition) is 4. The first-order valence-electron chi connectivity index (χ1n) is 6.68. The SMILES string of the molecule is C=CCCCOC(=C)/C=C/c1cc(OC)c(O)c(OC)c1. The fourth-order valence-electron chi connectivity index (χ4n) is 1.68. The van der Waals surface area contributed by atoms with Gasteiger partial charge in [0.1, 0.15) is 5.76 Å². The predicted octanol–water partition coefficient (Wildman–Crippen LogP) is 3.92. The third-order valence-electron chi connectivity index (χ3n) is 2.80. The van der Waals surface area contributed by atoms with Crippen molar-refractivity contribution in [2.24, 2.45) is 0 Å². The van der Waals surface area contributed by atoms with Crippen LogP contribution in [-0.4, -0.2) is 25.9 Å². The van der Waals surface area contributed by atoms with Gasteiger partial charge in [0.05, 0.1) is 20.8 Å². The molecule has 0 spiro atoms. The Bertz CT molecular complexity index is 493. The van der Waals surface area contributed by atoms with Gasteiger partial charge in [0.25, 0.3) is 0 Å². The Hall–Kier alpha value is -2.36. The third kappa shape index (κ3) is 5.26. The molecular formula is C17H22O4. The molecule has 1 N–H and O–H groups in total. The van der Waals surface area contributed by atoms with E-state index in [1.54, 1.807) is 18.2 Å². The highest BCUT2D eigenvalue weighted by atomic mass is 16.5. The Labute approximate surface area is 126 Å². The van der Waals surface area contributed by atoms with Gasteiger partial charge in [-0.1, -0.05) is 18.7 Å². The molecule has 0 atom stereocenters. The van der Waals surface area contributed by atoms with Crippen molar-refractivity contribution >= 4 is 6.08 Å². The topological polar surface area (TPSA) is 47.9 Å². The summed E-state index contributed by atoms with van der Waals surface area (Å²) in [7, 11) is 2.98. The summed E-state index contributed by atoms with van der Waals surface area (Å²) in [5.41, 5.74) is 0.817. The molecule has 4 nitrogen and oxygen atoms in total. The van der Waals surface area contributed by atoms with E-state index in [-0.39, 0.29) is 5.75 Å². The molecule has 0 aliphatic rings. The highest BCUT2D eigenvalue weighted by Gasteiger charge is 2.09. The van der Waals surface area contributed by atoms with E-state index < -0.39 is 0 Å². The van der Waals surface area contributed by atoms with Gasteiger partial charge >= 0.3 is 0 Å². The van der Waals surface area contributed by atoms with Crippen molar-refractivity contribution in [1.82, 2.24) is 0 Å². The number of unbranched alkanes of at least 4 members (excludes halogenated alkanes) is 1. The van der Waals surface area contributed by atoms with Crippen molar-refractivity contribution in [3.63, 3.8) is 0 Å². The second-order valence-electron chi connectivity index (χ2n) is 4.35. The molecule has 21 heavy (non-hydrogen) atoms. The van der Waals surface area contributed by atoms with Crippen LogP contribution in [0.5, 0.6) is 17.2 Å². The average molecular weight is 290 g/mol. The van der Waals surface area contributed by atoms with Crippen molar-refractivity contribution in [3.8, 4) is 17.2 Å². The lowest BCUT2D eigenvalue weighted by atomic mass is 10.1. The lowest BCUT2D eigenvalue weighted by molar-refractivity contribution is 0.223. The van der Waals surface area contributed by atoms with E-state index in [2.05, 4.69) is 13.2 Å². The second-order valence-corrected chi connectivity index (χ2v) is 4.35. The molecule has 0 saturated heterocycles. The van der Waals surface area contributed by atoms with Gasteiger partial charge < -0.3 is 19.3 Å². The zero-order valence-corrected chi connectivity index (χ0v) is 12.6. The Balaban J connectivity index is 2.71. The van der Waals surface area contributed by atoms with Crippen LogP contribution in [0.4, 0.5) is 0 Å². The molecule has 0 saturated carbocycles. The number of phenols is 1. The molecule has 1 aromatic rings. The van der Waals surface area contributed by atoms with Crippen LogP contribution in [-0.2, 0) is 4.74 Å². The second kappa shape index (κ2) is 8.74. The number of methoxy groups -OCH3 is 2. The van der Waals surface area contributed by atoms with Crippen LogP contribution in [0.15, 0.2) is 43.2 Å². The van der Waals surface area contributed by atoms with E-state index in [1.165, 1.54) is 14.2 Å². The Morgan fingerprint density at radius 3 is 2.38 bits per heavy atom. The lowest BCUT2D eigenvalue weighted by Gasteiger charge is -2.09. The van der Waals surface area contributed by atoms with Gasteiger partial charge in [0.2, 0.25) is 5.75 Å². The molecule has 0 aliphatic heterocycles. The molecule has 0 unspecified atom stereocenters. The summed E-state index contributed by atoms with van der Waals surface area (Å²) in [6.45, 7) is 8.09. The van der Waals surface area contributed by atoms with Gasteiger partial charge in [-0.05, 0) is 36.6 Å². The van der Waals surface area contributed by atoms with Crippen LogP contribution in [0.25, 0.3) is 6.08 Å². The van der Waals surface area contributed by atoms with Gasteiger partial charge in [-0.2, -0.15) is 0 Å². The predicted molar refractivity (Wildman–Crippen MR) is 84.8 cm³/mol. The average Bonchev–Trinajstić information content (AvgIpc) is 2.50. The van der Waals surface area contributed by atoms with Crippen LogP contribution in [0, 0.1) is 0 Å². The molecule has 0 amide bonds. The Morgan fingerprint density at radius 2 is 1.86 bits per heavy atom. The molecule has 0 heterocycles. The molecular weight excluding hydrogens is 268 g/mol. The number of benzene rings is 1. The largest absolute Gasteiger partial charge is 0.502 e. The van der Waals surface area contributed by atoms with E-state index in [0.717, 1.165) is 18.4 Å². The molecule has 114 valence electrons. The zero-order valence-electron chi connectivity index (χ0n) is 12.6. The molecule has 0 fully saturated rings. The van der Waals surface area contributed by atoms with Gasteiger partial charge in [-0.3, -0.25) is 0 Å². The number of hydrogen-bond donors (Lipinski definition) is 1. The summed E-state index contributed by atoms with van der Waals surface area (Å²) in [5.74, 6) is 1.26. The molecule has 1 rings (SSSR count). The summed E-state index contributed by atoms with van der Waals surface area (Å²) in [5, 5.41) is 9.83. The monoisotopic (exact) mass is 290 g/mol. The fourth-order valence-corrected chi connectivity index (χ4v) is 1.68. The van der Waals surface area contributed by atoms with Gasteiger partial charge in [0, 0.05) is 0 Å². The summed E-state index contributed by atoms with van der Waals surface area (Å²) < 4.78 is 15.7. The van der Waals surface area contributed by atoms with Crippen LogP contribution < -0.4 is 9.47 Å². The van der Waals surface area contributed by atoms with E-state index >= 15 is 0 Å². The van der Waals surface area contributed by atoms with Gasteiger partial charge in [-0.25, -0.2) is 0 Å². The lowest BCUT2D eigenvalue weighted by Crippen LogP contribution is -1.92. The van der Waals surface area contributed by atoms with Crippen molar-refractivity contribution < 1.29 is 19.3 Å². The van der Waals surface area contributed by atoms with E-state index in [4.69, 9.17) is 14.2 Å². The van der Waals surface area contributed by atoms with Crippen LogP contribution in [0.1, 0.15) is 18.4 Å². The summed E-state index contributed by atoms with van der Waals surface area (Å²) in [6, 6.07) is 3.42. The van der Waals surface area contributed by atoms with E-state index in [9.17, 15) is 5.11 Å². The molecule has 0 radical (unpaired) electrons. The first kappa shape index (κ1) is 16.7. The summed E-state index contributed by atoms with van der Waals surface area (Å²) in [6.07, 6.45) is 7.27. The van der Waals surface area contributed by atoms with E-state index in [1.807, 2.05) is 12.2 Å². The maximum atomic E-state index is 9.83. The van der Waals surface area contributed by atoms with Crippen molar-refractivity contribution in [2.75, 3.05) is 20.8 Å². The van der Waals surface area contributed by atoms with Crippen molar-refractivity contribution in [2.45, 2.75) is 12.8 Å². The van der Waals surface area contributed by atoms with Gasteiger partial charge in [0.15, 0.2) is 11.5 Å². The zero-order chi connectivity index (χ0) is 15.7. The highest BCUT2D eigenvalue weighted by molar-refractivity contribution is 5.62. The number of phenolic OH excluding ortho intramolecular Hbond substituents is 1. The van der Waals surface area contributed by atoms with Crippen LogP contribution in [0.3, 0.4) is 0 Å². The minimum Gasteiger partial charge on any atom is -0.502 e. The molecule has 0 aliphatic carbocycles. The van der Waals surface area contributed by atoms with Crippen LogP contribution in [0.2, 0.25) is 0 Å². The molecule has 0 aromatic heterocycles. The number of allylic oxidation sites excluding steroid dienone is 2. The maximum Gasteiger partial charge on any atom is 0.200 e. The minimum atomic E-state index is -0.0170. The quantitative estimate of drug-likeness (QED) is 0.324. The fraction of sp³-hybridized carbons (Fsp3) is 0.294. The van der Waals surface area contributed by atoms with Crippen molar-refractivity contribution in [3.05, 3.63) is 48.8 Å². The molecule has 1 aromatic carbocycles. The maximum absolute atomic E-state index is 9.83. The van der Waals surface area contributed by atoms with Crippen molar-refractivity contribution in [1.29, 1.82) is 0 Å². The number of aromatic hydroxyl groups is 1. The Morgan fingerprint density at radius 1 is 1.24 bits per heavy atom. The molecule has 0 bridgehead atoms. The summed E-state index contributed by atoms with van der Waals surface area (Å²) in [4.78, 5) is 0.